The standard InChI is InChI=1S/C13H18F3N3/c1-9-8-19(6-5-11(9)17-2)10-3-4-12(18-7-10)13(14,15)16/h3-4,7,9,11,17H,5-6,8H2,1-2H3. The van der Waals surface area contributed by atoms with Crippen molar-refractivity contribution in [2.75, 3.05) is 25.0 Å². The van der Waals surface area contributed by atoms with Gasteiger partial charge in [0, 0.05) is 19.1 Å². The van der Waals surface area contributed by atoms with Crippen LogP contribution in [-0.2, 0) is 6.18 Å². The highest BCUT2D eigenvalue weighted by atomic mass is 19.4. The Bertz CT molecular complexity index is 416. The van der Waals surface area contributed by atoms with Gasteiger partial charge in [0.1, 0.15) is 5.69 Å². The number of piperidine rings is 1. The predicted molar refractivity (Wildman–Crippen MR) is 68.1 cm³/mol. The molecule has 2 atom stereocenters. The SMILES string of the molecule is CNC1CCN(c2ccc(C(F)(F)F)nc2)CC1C. The first kappa shape index (κ1) is 14.1. The molecule has 0 amide bonds. The Kier molecular flexibility index (Phi) is 3.99. The van der Waals surface area contributed by atoms with Gasteiger partial charge in [0.15, 0.2) is 0 Å². The Balaban J connectivity index is 2.07. The van der Waals surface area contributed by atoms with E-state index in [1.54, 1.807) is 0 Å². The van der Waals surface area contributed by atoms with Crippen molar-refractivity contribution in [3.8, 4) is 0 Å². The third kappa shape index (κ3) is 3.18. The predicted octanol–water partition coefficient (Wildman–Crippen LogP) is 2.53. The molecule has 1 aliphatic heterocycles. The second-order valence-corrected chi connectivity index (χ2v) is 5.01. The minimum absolute atomic E-state index is 0.459. The molecule has 2 unspecified atom stereocenters. The zero-order valence-corrected chi connectivity index (χ0v) is 11.0. The number of anilines is 1. The summed E-state index contributed by atoms with van der Waals surface area (Å²) < 4.78 is 37.3. The van der Waals surface area contributed by atoms with Crippen LogP contribution >= 0.6 is 0 Å². The summed E-state index contributed by atoms with van der Waals surface area (Å²) in [5.74, 6) is 0.459. The van der Waals surface area contributed by atoms with Crippen molar-refractivity contribution < 1.29 is 13.2 Å². The molecule has 1 aliphatic rings. The Morgan fingerprint density at radius 3 is 2.58 bits per heavy atom. The summed E-state index contributed by atoms with van der Waals surface area (Å²) in [5.41, 5.74) is -0.0798. The molecule has 1 N–H and O–H groups in total. The number of nitrogens with one attached hydrogen (secondary N) is 1. The molecule has 0 radical (unpaired) electrons. The van der Waals surface area contributed by atoms with E-state index in [1.807, 2.05) is 7.05 Å². The minimum Gasteiger partial charge on any atom is -0.370 e. The summed E-state index contributed by atoms with van der Waals surface area (Å²) >= 11 is 0. The van der Waals surface area contributed by atoms with Crippen LogP contribution in [0.1, 0.15) is 19.0 Å². The molecule has 0 spiro atoms. The lowest BCUT2D eigenvalue weighted by atomic mass is 9.94. The van der Waals surface area contributed by atoms with Crippen molar-refractivity contribution in [2.45, 2.75) is 25.6 Å². The number of rotatable bonds is 2. The lowest BCUT2D eigenvalue weighted by molar-refractivity contribution is -0.141. The molecule has 2 heterocycles. The average molecular weight is 273 g/mol. The van der Waals surface area contributed by atoms with Crippen molar-refractivity contribution in [3.63, 3.8) is 0 Å². The Labute approximate surface area is 110 Å². The van der Waals surface area contributed by atoms with E-state index in [0.29, 0.717) is 12.0 Å². The Hall–Kier alpha value is -1.30. The number of pyridine rings is 1. The monoisotopic (exact) mass is 273 g/mol. The first-order chi connectivity index (χ1) is 8.91. The normalized spacial score (nSPS) is 24.6. The van der Waals surface area contributed by atoms with Crippen molar-refractivity contribution in [1.29, 1.82) is 0 Å². The van der Waals surface area contributed by atoms with E-state index in [-0.39, 0.29) is 0 Å². The van der Waals surface area contributed by atoms with Crippen molar-refractivity contribution in [3.05, 3.63) is 24.0 Å². The van der Waals surface area contributed by atoms with E-state index < -0.39 is 11.9 Å². The maximum absolute atomic E-state index is 12.4. The maximum atomic E-state index is 12.4. The highest BCUT2D eigenvalue weighted by Gasteiger charge is 2.32. The number of alkyl halides is 3. The molecule has 1 fully saturated rings. The van der Waals surface area contributed by atoms with E-state index in [1.165, 1.54) is 12.3 Å². The lowest BCUT2D eigenvalue weighted by Gasteiger charge is -2.38. The van der Waals surface area contributed by atoms with Crippen molar-refractivity contribution >= 4 is 5.69 Å². The van der Waals surface area contributed by atoms with Crippen LogP contribution in [0.5, 0.6) is 0 Å². The fourth-order valence-corrected chi connectivity index (χ4v) is 2.55. The second-order valence-electron chi connectivity index (χ2n) is 5.01. The quantitative estimate of drug-likeness (QED) is 0.897. The summed E-state index contributed by atoms with van der Waals surface area (Å²) in [4.78, 5) is 5.60. The zero-order chi connectivity index (χ0) is 14.0. The van der Waals surface area contributed by atoms with Gasteiger partial charge in [-0.1, -0.05) is 6.92 Å². The molecule has 1 aromatic rings. The molecule has 0 saturated carbocycles. The summed E-state index contributed by atoms with van der Waals surface area (Å²) in [7, 11) is 1.94. The van der Waals surface area contributed by atoms with Crippen LogP contribution < -0.4 is 10.2 Å². The molecular weight excluding hydrogens is 255 g/mol. The molecule has 0 bridgehead atoms. The van der Waals surface area contributed by atoms with Crippen LogP contribution in [0.2, 0.25) is 0 Å². The fourth-order valence-electron chi connectivity index (χ4n) is 2.55. The van der Waals surface area contributed by atoms with E-state index in [2.05, 4.69) is 22.1 Å². The third-order valence-electron chi connectivity index (χ3n) is 3.68. The second kappa shape index (κ2) is 5.36. The van der Waals surface area contributed by atoms with E-state index in [4.69, 9.17) is 0 Å². The highest BCUT2D eigenvalue weighted by molar-refractivity contribution is 5.45. The van der Waals surface area contributed by atoms with Crippen molar-refractivity contribution in [2.24, 2.45) is 5.92 Å². The van der Waals surface area contributed by atoms with Crippen LogP contribution in [0.25, 0.3) is 0 Å². The molecular formula is C13H18F3N3. The van der Waals surface area contributed by atoms with Crippen LogP contribution in [0.3, 0.4) is 0 Å². The zero-order valence-electron chi connectivity index (χ0n) is 11.0. The van der Waals surface area contributed by atoms with E-state index in [9.17, 15) is 13.2 Å². The fraction of sp³-hybridized carbons (Fsp3) is 0.615. The van der Waals surface area contributed by atoms with Gasteiger partial charge in [0.25, 0.3) is 0 Å². The number of hydrogen-bond donors (Lipinski definition) is 1. The first-order valence-electron chi connectivity index (χ1n) is 6.37. The van der Waals surface area contributed by atoms with Crippen LogP contribution in [0.15, 0.2) is 18.3 Å². The van der Waals surface area contributed by atoms with E-state index in [0.717, 1.165) is 31.3 Å². The Morgan fingerprint density at radius 1 is 1.37 bits per heavy atom. The average Bonchev–Trinajstić information content (AvgIpc) is 2.38. The molecule has 0 aromatic carbocycles. The van der Waals surface area contributed by atoms with Gasteiger partial charge in [-0.2, -0.15) is 13.2 Å². The highest BCUT2D eigenvalue weighted by Crippen LogP contribution is 2.29. The van der Waals surface area contributed by atoms with Gasteiger partial charge in [0.05, 0.1) is 11.9 Å². The van der Waals surface area contributed by atoms with Crippen LogP contribution in [0.4, 0.5) is 18.9 Å². The lowest BCUT2D eigenvalue weighted by Crippen LogP contribution is -2.47. The molecule has 1 saturated heterocycles. The summed E-state index contributed by atoms with van der Waals surface area (Å²) in [6, 6.07) is 3.02. The molecule has 6 heteroatoms. The van der Waals surface area contributed by atoms with Gasteiger partial charge in [-0.25, -0.2) is 4.98 Å². The molecule has 0 aliphatic carbocycles. The molecule has 19 heavy (non-hydrogen) atoms. The van der Waals surface area contributed by atoms with Gasteiger partial charge < -0.3 is 10.2 Å². The van der Waals surface area contributed by atoms with Crippen LogP contribution in [-0.4, -0.2) is 31.2 Å². The topological polar surface area (TPSA) is 28.2 Å². The first-order valence-corrected chi connectivity index (χ1v) is 6.37. The van der Waals surface area contributed by atoms with Gasteiger partial charge in [-0.15, -0.1) is 0 Å². The summed E-state index contributed by atoms with van der Waals surface area (Å²) in [6.07, 6.45) is -2.07. The number of aromatic nitrogens is 1. The van der Waals surface area contributed by atoms with Gasteiger partial charge in [-0.05, 0) is 31.5 Å². The van der Waals surface area contributed by atoms with Gasteiger partial charge in [-0.3, -0.25) is 0 Å². The number of hydrogen-bond acceptors (Lipinski definition) is 3. The van der Waals surface area contributed by atoms with Gasteiger partial charge in [0.2, 0.25) is 0 Å². The van der Waals surface area contributed by atoms with E-state index >= 15 is 0 Å². The number of nitrogens with zero attached hydrogens (tertiary/aromatic N) is 2. The number of halogens is 3. The van der Waals surface area contributed by atoms with Crippen LogP contribution in [0, 0.1) is 5.92 Å². The molecule has 106 valence electrons. The summed E-state index contributed by atoms with van der Waals surface area (Å²) in [5, 5.41) is 3.26. The molecule has 3 nitrogen and oxygen atoms in total. The molecule has 2 rings (SSSR count). The summed E-state index contributed by atoms with van der Waals surface area (Å²) in [6.45, 7) is 3.81. The largest absolute Gasteiger partial charge is 0.433 e. The van der Waals surface area contributed by atoms with Crippen molar-refractivity contribution in [1.82, 2.24) is 10.3 Å². The smallest absolute Gasteiger partial charge is 0.370 e. The Morgan fingerprint density at radius 2 is 2.11 bits per heavy atom. The van der Waals surface area contributed by atoms with Gasteiger partial charge >= 0.3 is 6.18 Å². The minimum atomic E-state index is -4.37. The maximum Gasteiger partial charge on any atom is 0.433 e. The third-order valence-corrected chi connectivity index (χ3v) is 3.68. The molecule has 1 aromatic heterocycles.